The molecule has 1 aliphatic carbocycles. The number of carboxylic acids is 1. The Kier molecular flexibility index (Phi) is 2.54. The number of rotatable bonds is 1. The minimum absolute atomic E-state index is 0.264. The Hall–Kier alpha value is -0.570. The normalized spacial score (nSPS) is 39.5. The fraction of sp³-hybridized carbons (Fsp3) is 0.900. The zero-order chi connectivity index (χ0) is 9.26. The van der Waals surface area contributed by atoms with Crippen LogP contribution in [0.25, 0.3) is 0 Å². The SMILES string of the molecule is O=C([O-])[C@@H]1C[C@H]2CCCC[C@H]2C[NH2+]1. The maximum Gasteiger partial charge on any atom is 0.126 e. The van der Waals surface area contributed by atoms with Gasteiger partial charge in [-0.2, -0.15) is 0 Å². The first kappa shape index (κ1) is 9.00. The molecule has 2 fully saturated rings. The summed E-state index contributed by atoms with van der Waals surface area (Å²) in [5, 5.41) is 12.6. The standard InChI is InChI=1S/C10H17NO2/c12-10(13)9-5-7-3-1-2-4-8(7)6-11-9/h7-9,11H,1-6H2,(H,12,13)/t7-,8+,9+/m1/s1. The van der Waals surface area contributed by atoms with Gasteiger partial charge in [-0.25, -0.2) is 0 Å². The molecule has 2 N–H and O–H groups in total. The molecule has 3 nitrogen and oxygen atoms in total. The molecular weight excluding hydrogens is 166 g/mol. The lowest BCUT2D eigenvalue weighted by Crippen LogP contribution is -2.96. The number of piperidine rings is 1. The molecule has 0 aromatic heterocycles. The van der Waals surface area contributed by atoms with Crippen LogP contribution in [0.3, 0.4) is 0 Å². The first-order chi connectivity index (χ1) is 6.27. The largest absolute Gasteiger partial charge is 0.544 e. The van der Waals surface area contributed by atoms with Crippen LogP contribution in [0.2, 0.25) is 0 Å². The molecule has 2 aliphatic rings. The first-order valence-corrected chi connectivity index (χ1v) is 5.31. The zero-order valence-electron chi connectivity index (χ0n) is 7.87. The molecule has 74 valence electrons. The van der Waals surface area contributed by atoms with Gasteiger partial charge in [0, 0.05) is 12.3 Å². The highest BCUT2D eigenvalue weighted by Crippen LogP contribution is 2.33. The molecule has 0 radical (unpaired) electrons. The molecule has 0 spiro atoms. The lowest BCUT2D eigenvalue weighted by Gasteiger charge is -2.37. The van der Waals surface area contributed by atoms with Gasteiger partial charge in [-0.3, -0.25) is 0 Å². The first-order valence-electron chi connectivity index (χ1n) is 5.31. The average molecular weight is 183 g/mol. The van der Waals surface area contributed by atoms with E-state index in [9.17, 15) is 9.90 Å². The minimum Gasteiger partial charge on any atom is -0.544 e. The highest BCUT2D eigenvalue weighted by Gasteiger charge is 2.34. The van der Waals surface area contributed by atoms with Crippen molar-refractivity contribution in [2.75, 3.05) is 6.54 Å². The van der Waals surface area contributed by atoms with E-state index in [0.717, 1.165) is 18.9 Å². The van der Waals surface area contributed by atoms with E-state index >= 15 is 0 Å². The number of carboxylic acid groups (broad SMARTS) is 1. The number of quaternary nitrogens is 1. The predicted molar refractivity (Wildman–Crippen MR) is 45.7 cm³/mol. The molecule has 2 rings (SSSR count). The Balaban J connectivity index is 1.95. The van der Waals surface area contributed by atoms with Crippen molar-refractivity contribution in [1.82, 2.24) is 0 Å². The topological polar surface area (TPSA) is 56.7 Å². The minimum atomic E-state index is -0.871. The van der Waals surface area contributed by atoms with Crippen molar-refractivity contribution in [3.05, 3.63) is 0 Å². The highest BCUT2D eigenvalue weighted by atomic mass is 16.4. The lowest BCUT2D eigenvalue weighted by atomic mass is 9.74. The number of carbonyl (C=O) groups is 1. The fourth-order valence-corrected chi connectivity index (χ4v) is 2.86. The van der Waals surface area contributed by atoms with Crippen LogP contribution in [0.1, 0.15) is 32.1 Å². The number of fused-ring (bicyclic) bond motifs is 1. The number of nitrogens with two attached hydrogens (primary N) is 1. The van der Waals surface area contributed by atoms with Crippen LogP contribution in [0.4, 0.5) is 0 Å². The summed E-state index contributed by atoms with van der Waals surface area (Å²) in [7, 11) is 0. The monoisotopic (exact) mass is 183 g/mol. The molecule has 3 atom stereocenters. The third-order valence-electron chi connectivity index (χ3n) is 3.65. The van der Waals surface area contributed by atoms with E-state index in [2.05, 4.69) is 0 Å². The van der Waals surface area contributed by atoms with Gasteiger partial charge in [0.15, 0.2) is 0 Å². The molecule has 1 heterocycles. The van der Waals surface area contributed by atoms with Crippen LogP contribution in [0, 0.1) is 11.8 Å². The summed E-state index contributed by atoms with van der Waals surface area (Å²) in [5.41, 5.74) is 0. The molecule has 0 bridgehead atoms. The lowest BCUT2D eigenvalue weighted by molar-refractivity contribution is -0.700. The van der Waals surface area contributed by atoms with Crippen LogP contribution in [0.15, 0.2) is 0 Å². The second kappa shape index (κ2) is 3.66. The van der Waals surface area contributed by atoms with Crippen molar-refractivity contribution in [2.24, 2.45) is 11.8 Å². The van der Waals surface area contributed by atoms with E-state index in [4.69, 9.17) is 0 Å². The van der Waals surface area contributed by atoms with Crippen LogP contribution < -0.4 is 10.4 Å². The molecule has 0 aromatic rings. The Morgan fingerprint density at radius 3 is 2.62 bits per heavy atom. The summed E-state index contributed by atoms with van der Waals surface area (Å²) in [6, 6.07) is -0.264. The summed E-state index contributed by atoms with van der Waals surface area (Å²) in [4.78, 5) is 10.7. The maximum absolute atomic E-state index is 10.7. The molecule has 1 saturated carbocycles. The van der Waals surface area contributed by atoms with Crippen LogP contribution in [-0.2, 0) is 4.79 Å². The Morgan fingerprint density at radius 1 is 1.23 bits per heavy atom. The molecule has 13 heavy (non-hydrogen) atoms. The molecular formula is C10H17NO2. The zero-order valence-corrected chi connectivity index (χ0v) is 7.87. The van der Waals surface area contributed by atoms with Gasteiger partial charge in [0.05, 0.1) is 12.5 Å². The van der Waals surface area contributed by atoms with Gasteiger partial charge >= 0.3 is 0 Å². The van der Waals surface area contributed by atoms with E-state index in [1.54, 1.807) is 0 Å². The number of hydrogen-bond acceptors (Lipinski definition) is 2. The number of aliphatic carboxylic acids is 1. The predicted octanol–water partition coefficient (Wildman–Crippen LogP) is -1.12. The van der Waals surface area contributed by atoms with Gasteiger partial charge < -0.3 is 15.2 Å². The summed E-state index contributed by atoms with van der Waals surface area (Å²) in [5.74, 6) is 0.579. The Bertz CT molecular complexity index is 205. The van der Waals surface area contributed by atoms with Crippen LogP contribution in [-0.4, -0.2) is 18.6 Å². The van der Waals surface area contributed by atoms with E-state index < -0.39 is 5.97 Å². The van der Waals surface area contributed by atoms with E-state index in [0.29, 0.717) is 5.92 Å². The van der Waals surface area contributed by atoms with Crippen LogP contribution >= 0.6 is 0 Å². The van der Waals surface area contributed by atoms with Crippen LogP contribution in [0.5, 0.6) is 0 Å². The Labute approximate surface area is 78.5 Å². The molecule has 0 unspecified atom stereocenters. The van der Waals surface area contributed by atoms with Gasteiger partial charge in [-0.1, -0.05) is 12.8 Å². The number of carbonyl (C=O) groups excluding carboxylic acids is 1. The summed E-state index contributed by atoms with van der Waals surface area (Å²) in [6.07, 6.45) is 6.02. The van der Waals surface area contributed by atoms with Gasteiger partial charge in [0.1, 0.15) is 6.04 Å². The van der Waals surface area contributed by atoms with Crippen molar-refractivity contribution in [2.45, 2.75) is 38.1 Å². The van der Waals surface area contributed by atoms with Crippen molar-refractivity contribution in [1.29, 1.82) is 0 Å². The Morgan fingerprint density at radius 2 is 1.92 bits per heavy atom. The quantitative estimate of drug-likeness (QED) is 0.560. The number of hydrogen-bond donors (Lipinski definition) is 1. The van der Waals surface area contributed by atoms with Gasteiger partial charge in [0.25, 0.3) is 0 Å². The second-order valence-electron chi connectivity index (χ2n) is 4.44. The highest BCUT2D eigenvalue weighted by molar-refractivity contribution is 5.69. The average Bonchev–Trinajstić information content (AvgIpc) is 2.17. The van der Waals surface area contributed by atoms with Gasteiger partial charge in [0.2, 0.25) is 0 Å². The third-order valence-corrected chi connectivity index (χ3v) is 3.65. The van der Waals surface area contributed by atoms with E-state index in [-0.39, 0.29) is 6.04 Å². The van der Waals surface area contributed by atoms with Crippen molar-refractivity contribution in [3.8, 4) is 0 Å². The van der Waals surface area contributed by atoms with Gasteiger partial charge in [-0.05, 0) is 18.8 Å². The van der Waals surface area contributed by atoms with E-state index in [1.165, 1.54) is 25.7 Å². The summed E-state index contributed by atoms with van der Waals surface area (Å²) >= 11 is 0. The summed E-state index contributed by atoms with van der Waals surface area (Å²) < 4.78 is 0. The molecule has 0 aromatic carbocycles. The van der Waals surface area contributed by atoms with Gasteiger partial charge in [-0.15, -0.1) is 0 Å². The maximum atomic E-state index is 10.7. The third kappa shape index (κ3) is 1.85. The molecule has 3 heteroatoms. The van der Waals surface area contributed by atoms with Crippen molar-refractivity contribution >= 4 is 5.97 Å². The summed E-state index contributed by atoms with van der Waals surface area (Å²) in [6.45, 7) is 1.00. The molecule has 0 amide bonds. The smallest absolute Gasteiger partial charge is 0.126 e. The second-order valence-corrected chi connectivity index (χ2v) is 4.44. The van der Waals surface area contributed by atoms with E-state index in [1.807, 2.05) is 5.32 Å². The van der Waals surface area contributed by atoms with Crippen molar-refractivity contribution in [3.63, 3.8) is 0 Å². The molecule has 1 saturated heterocycles. The molecule has 1 aliphatic heterocycles. The van der Waals surface area contributed by atoms with Crippen molar-refractivity contribution < 1.29 is 15.2 Å². The fourth-order valence-electron chi connectivity index (χ4n) is 2.86.